The van der Waals surface area contributed by atoms with Crippen LogP contribution in [0.25, 0.3) is 10.8 Å². The van der Waals surface area contributed by atoms with Gasteiger partial charge >= 0.3 is 5.97 Å². The summed E-state index contributed by atoms with van der Waals surface area (Å²) in [4.78, 5) is 11.8. The second-order valence-electron chi connectivity index (χ2n) is 5.81. The molecule has 2 aromatic carbocycles. The van der Waals surface area contributed by atoms with Gasteiger partial charge in [0, 0.05) is 10.8 Å². The first-order valence-corrected chi connectivity index (χ1v) is 9.58. The first kappa shape index (κ1) is 18.9. The maximum absolute atomic E-state index is 12.8. The summed E-state index contributed by atoms with van der Waals surface area (Å²) in [5.41, 5.74) is 0.265. The molecule has 0 bridgehead atoms. The molecule has 0 fully saturated rings. The van der Waals surface area contributed by atoms with E-state index in [0.29, 0.717) is 28.0 Å². The molecule has 7 nitrogen and oxygen atoms in total. The normalized spacial score (nSPS) is 11.5. The summed E-state index contributed by atoms with van der Waals surface area (Å²) in [6, 6.07) is 11.7. The predicted octanol–water partition coefficient (Wildman–Crippen LogP) is 3.01. The van der Waals surface area contributed by atoms with E-state index in [1.54, 1.807) is 31.2 Å². The monoisotopic (exact) mass is 389 g/mol. The van der Waals surface area contributed by atoms with Gasteiger partial charge in [0.1, 0.15) is 22.8 Å². The van der Waals surface area contributed by atoms with Crippen molar-refractivity contribution in [3.63, 3.8) is 0 Å². The smallest absolute Gasteiger partial charge is 0.341 e. The number of hydrogen-bond acceptors (Lipinski definition) is 6. The highest BCUT2D eigenvalue weighted by atomic mass is 32.2. The minimum atomic E-state index is -3.82. The highest BCUT2D eigenvalue weighted by molar-refractivity contribution is 7.89. The van der Waals surface area contributed by atoms with Gasteiger partial charge in [0.25, 0.3) is 0 Å². The van der Waals surface area contributed by atoms with Crippen LogP contribution in [0.15, 0.2) is 51.8 Å². The van der Waals surface area contributed by atoms with Crippen LogP contribution in [-0.2, 0) is 21.3 Å². The summed E-state index contributed by atoms with van der Waals surface area (Å²) >= 11 is 0. The van der Waals surface area contributed by atoms with Crippen LogP contribution >= 0.6 is 0 Å². The third kappa shape index (κ3) is 3.67. The Bertz CT molecular complexity index is 1100. The Kier molecular flexibility index (Phi) is 5.20. The second-order valence-corrected chi connectivity index (χ2v) is 7.55. The van der Waals surface area contributed by atoms with E-state index in [1.807, 2.05) is 6.07 Å². The Balaban J connectivity index is 1.90. The molecule has 0 spiro atoms. The molecule has 3 aromatic rings. The molecule has 0 unspecified atom stereocenters. The van der Waals surface area contributed by atoms with Crippen LogP contribution in [0.5, 0.6) is 5.75 Å². The Morgan fingerprint density at radius 3 is 2.48 bits per heavy atom. The summed E-state index contributed by atoms with van der Waals surface area (Å²) in [7, 11) is -1.02. The number of hydrogen-bond donors (Lipinski definition) is 1. The molecule has 0 amide bonds. The van der Waals surface area contributed by atoms with Crippen molar-refractivity contribution in [1.29, 1.82) is 0 Å². The van der Waals surface area contributed by atoms with Gasteiger partial charge in [-0.3, -0.25) is 0 Å². The van der Waals surface area contributed by atoms with Crippen molar-refractivity contribution < 1.29 is 27.1 Å². The number of fused-ring (bicyclic) bond motifs is 1. The first-order chi connectivity index (χ1) is 12.9. The van der Waals surface area contributed by atoms with E-state index in [2.05, 4.69) is 9.46 Å². The van der Waals surface area contributed by atoms with Gasteiger partial charge in [0.05, 0.1) is 25.7 Å². The number of benzene rings is 2. The molecule has 8 heteroatoms. The maximum atomic E-state index is 12.8. The average Bonchev–Trinajstić information content (AvgIpc) is 3.05. The molecule has 1 aromatic heterocycles. The number of methoxy groups -OCH3 is 2. The number of rotatable bonds is 6. The van der Waals surface area contributed by atoms with Crippen LogP contribution < -0.4 is 9.46 Å². The predicted molar refractivity (Wildman–Crippen MR) is 99.3 cm³/mol. The van der Waals surface area contributed by atoms with Crippen LogP contribution in [-0.4, -0.2) is 28.6 Å². The van der Waals surface area contributed by atoms with Crippen molar-refractivity contribution in [2.45, 2.75) is 18.4 Å². The largest absolute Gasteiger partial charge is 0.496 e. The van der Waals surface area contributed by atoms with Crippen molar-refractivity contribution in [2.75, 3.05) is 14.2 Å². The summed E-state index contributed by atoms with van der Waals surface area (Å²) in [6.45, 7) is 1.52. The number of nitrogens with one attached hydrogen (secondary N) is 1. The first-order valence-electron chi connectivity index (χ1n) is 8.10. The van der Waals surface area contributed by atoms with Gasteiger partial charge in [-0.1, -0.05) is 24.3 Å². The van der Waals surface area contributed by atoms with E-state index in [1.165, 1.54) is 26.4 Å². The lowest BCUT2D eigenvalue weighted by molar-refractivity contribution is 0.0599. The molecule has 0 saturated heterocycles. The number of carbonyl (C=O) groups is 1. The van der Waals surface area contributed by atoms with Gasteiger partial charge in [0.2, 0.25) is 10.0 Å². The third-order valence-corrected chi connectivity index (χ3v) is 5.62. The Morgan fingerprint density at radius 2 is 1.81 bits per heavy atom. The van der Waals surface area contributed by atoms with Crippen molar-refractivity contribution >= 4 is 26.8 Å². The number of sulfonamides is 1. The summed E-state index contributed by atoms with van der Waals surface area (Å²) < 4.78 is 43.5. The van der Waals surface area contributed by atoms with E-state index in [9.17, 15) is 13.2 Å². The van der Waals surface area contributed by atoms with Crippen LogP contribution in [0.1, 0.15) is 21.9 Å². The van der Waals surface area contributed by atoms with Crippen LogP contribution in [0.4, 0.5) is 0 Å². The van der Waals surface area contributed by atoms with Gasteiger partial charge in [-0.2, -0.15) is 0 Å². The third-order valence-electron chi connectivity index (χ3n) is 4.16. The van der Waals surface area contributed by atoms with E-state index >= 15 is 0 Å². The van der Waals surface area contributed by atoms with Crippen molar-refractivity contribution in [3.05, 3.63) is 59.5 Å². The van der Waals surface area contributed by atoms with Crippen LogP contribution in [0.3, 0.4) is 0 Å². The van der Waals surface area contributed by atoms with Crippen molar-refractivity contribution in [3.8, 4) is 5.75 Å². The molecule has 0 saturated carbocycles. The lowest BCUT2D eigenvalue weighted by atomic mass is 10.1. The molecule has 0 aliphatic carbocycles. The van der Waals surface area contributed by atoms with E-state index < -0.39 is 16.0 Å². The molecule has 27 heavy (non-hydrogen) atoms. The molecule has 142 valence electrons. The fourth-order valence-corrected chi connectivity index (χ4v) is 4.05. The molecule has 1 heterocycles. The van der Waals surface area contributed by atoms with Gasteiger partial charge < -0.3 is 13.9 Å². The number of carbonyl (C=O) groups excluding carboxylic acids is 1. The van der Waals surface area contributed by atoms with Gasteiger partial charge in [-0.05, 0) is 25.1 Å². The molecule has 0 atom stereocenters. The molecule has 0 aliphatic heterocycles. The lowest BCUT2D eigenvalue weighted by Crippen LogP contribution is -2.23. The fourth-order valence-electron chi connectivity index (χ4n) is 2.84. The lowest BCUT2D eigenvalue weighted by Gasteiger charge is -2.11. The quantitative estimate of drug-likeness (QED) is 0.651. The summed E-state index contributed by atoms with van der Waals surface area (Å²) in [5, 5.41) is 1.25. The molecule has 1 N–H and O–H groups in total. The second kappa shape index (κ2) is 7.42. The standard InChI is InChI=1S/C19H19NO6S/c1-12-16(19(21)25-3)10-13(26-12)11-20-27(22,23)18-9-8-17(24-2)14-6-4-5-7-15(14)18/h4-10,20H,11H2,1-3H3. The minimum Gasteiger partial charge on any atom is -0.496 e. The zero-order valence-corrected chi connectivity index (χ0v) is 15.9. The van der Waals surface area contributed by atoms with Crippen molar-refractivity contribution in [2.24, 2.45) is 0 Å². The van der Waals surface area contributed by atoms with Gasteiger partial charge in [-0.15, -0.1) is 0 Å². The molecular weight excluding hydrogens is 370 g/mol. The summed E-state index contributed by atoms with van der Waals surface area (Å²) in [6.07, 6.45) is 0. The topological polar surface area (TPSA) is 94.8 Å². The summed E-state index contributed by atoms with van der Waals surface area (Å²) in [5.74, 6) is 0.737. The molecular formula is C19H19NO6S. The SMILES string of the molecule is COC(=O)c1cc(CNS(=O)(=O)c2ccc(OC)c3ccccc23)oc1C. The fraction of sp³-hybridized carbons (Fsp3) is 0.211. The van der Waals surface area contributed by atoms with Gasteiger partial charge in [0.15, 0.2) is 0 Å². The van der Waals surface area contributed by atoms with Crippen LogP contribution in [0.2, 0.25) is 0 Å². The number of furan rings is 1. The molecule has 0 aliphatic rings. The highest BCUT2D eigenvalue weighted by Crippen LogP contribution is 2.30. The molecule has 0 radical (unpaired) electrons. The van der Waals surface area contributed by atoms with Crippen LogP contribution in [0, 0.1) is 6.92 Å². The highest BCUT2D eigenvalue weighted by Gasteiger charge is 2.21. The zero-order valence-electron chi connectivity index (χ0n) is 15.1. The Hall–Kier alpha value is -2.84. The molecule has 3 rings (SSSR count). The van der Waals surface area contributed by atoms with E-state index in [4.69, 9.17) is 9.15 Å². The maximum Gasteiger partial charge on any atom is 0.341 e. The minimum absolute atomic E-state index is 0.0967. The van der Waals surface area contributed by atoms with Gasteiger partial charge in [-0.25, -0.2) is 17.9 Å². The Labute approximate surface area is 156 Å². The number of esters is 1. The average molecular weight is 389 g/mol. The number of ether oxygens (including phenoxy) is 2. The zero-order chi connectivity index (χ0) is 19.6. The van der Waals surface area contributed by atoms with Crippen molar-refractivity contribution in [1.82, 2.24) is 4.72 Å². The van der Waals surface area contributed by atoms with E-state index in [0.717, 1.165) is 0 Å². The Morgan fingerprint density at radius 1 is 1.11 bits per heavy atom. The van der Waals surface area contributed by atoms with E-state index in [-0.39, 0.29) is 17.0 Å². The number of aryl methyl sites for hydroxylation is 1.